The summed E-state index contributed by atoms with van der Waals surface area (Å²) in [5.41, 5.74) is 4.19. The minimum atomic E-state index is 0.102. The van der Waals surface area contributed by atoms with Crippen molar-refractivity contribution in [1.29, 1.82) is 0 Å². The molecule has 2 aromatic heterocycles. The zero-order valence-corrected chi connectivity index (χ0v) is 13.0. The molecule has 112 valence electrons. The zero-order chi connectivity index (χ0) is 15.7. The van der Waals surface area contributed by atoms with Crippen molar-refractivity contribution in [2.75, 3.05) is 0 Å². The van der Waals surface area contributed by atoms with E-state index in [4.69, 9.17) is 0 Å². The summed E-state index contributed by atoms with van der Waals surface area (Å²) in [6.07, 6.45) is 3.77. The van der Waals surface area contributed by atoms with Crippen LogP contribution in [0.5, 0.6) is 0 Å². The highest BCUT2D eigenvalue weighted by atomic mass is 16.3. The topological polar surface area (TPSA) is 38.0 Å². The second kappa shape index (κ2) is 5.68. The number of aromatic nitrogens is 2. The molecule has 0 saturated heterocycles. The van der Waals surface area contributed by atoms with Crippen LogP contribution >= 0.6 is 0 Å². The second-order valence-electron chi connectivity index (χ2n) is 5.84. The van der Waals surface area contributed by atoms with E-state index < -0.39 is 0 Å². The summed E-state index contributed by atoms with van der Waals surface area (Å²) in [6, 6.07) is 12.1. The first-order valence-corrected chi connectivity index (χ1v) is 7.48. The maximum atomic E-state index is 9.91. The van der Waals surface area contributed by atoms with Crippen LogP contribution in [-0.2, 0) is 6.54 Å². The molecule has 3 aromatic rings. The van der Waals surface area contributed by atoms with Crippen molar-refractivity contribution in [3.05, 3.63) is 72.2 Å². The minimum Gasteiger partial charge on any atom is -0.508 e. The van der Waals surface area contributed by atoms with Crippen molar-refractivity contribution in [2.45, 2.75) is 26.3 Å². The average molecular weight is 292 g/mol. The molecule has 1 N–H and O–H groups in total. The van der Waals surface area contributed by atoms with E-state index in [9.17, 15) is 5.11 Å². The fourth-order valence-corrected chi connectivity index (χ4v) is 2.88. The maximum absolute atomic E-state index is 9.91. The summed E-state index contributed by atoms with van der Waals surface area (Å²) >= 11 is 0. The lowest BCUT2D eigenvalue weighted by Gasteiger charge is -2.12. The van der Waals surface area contributed by atoms with Gasteiger partial charge in [0.05, 0.1) is 17.8 Å². The molecule has 0 unspecified atom stereocenters. The molecular formula is C19H20N2O. The number of para-hydroxylation sites is 1. The Hall–Kier alpha value is -2.55. The van der Waals surface area contributed by atoms with Gasteiger partial charge in [-0.2, -0.15) is 0 Å². The Kier molecular flexibility index (Phi) is 3.72. The summed E-state index contributed by atoms with van der Waals surface area (Å²) in [5.74, 6) is 0.506. The Balaban J connectivity index is 2.22. The molecule has 2 heterocycles. The Morgan fingerprint density at radius 1 is 1.23 bits per heavy atom. The van der Waals surface area contributed by atoms with Gasteiger partial charge in [-0.05, 0) is 23.6 Å². The number of aliphatic hydroxyl groups is 1. The van der Waals surface area contributed by atoms with E-state index in [2.05, 4.69) is 36.0 Å². The lowest BCUT2D eigenvalue weighted by Crippen LogP contribution is -2.02. The first-order valence-electron chi connectivity index (χ1n) is 7.48. The lowest BCUT2D eigenvalue weighted by molar-refractivity contribution is 0.514. The maximum Gasteiger partial charge on any atom is 0.117 e. The molecule has 22 heavy (non-hydrogen) atoms. The summed E-state index contributed by atoms with van der Waals surface area (Å²) in [4.78, 5) is 4.40. The number of fused-ring (bicyclic) bond motifs is 1. The minimum absolute atomic E-state index is 0.102. The molecule has 0 aliphatic heterocycles. The van der Waals surface area contributed by atoms with Gasteiger partial charge in [-0.1, -0.05) is 44.7 Å². The molecule has 0 spiro atoms. The number of nitrogens with zero attached hydrogens (tertiary/aromatic N) is 2. The quantitative estimate of drug-likeness (QED) is 0.705. The number of rotatable bonds is 4. The van der Waals surface area contributed by atoms with E-state index in [-0.39, 0.29) is 5.76 Å². The smallest absolute Gasteiger partial charge is 0.117 e. The molecule has 0 saturated carbocycles. The van der Waals surface area contributed by atoms with Gasteiger partial charge in [0.25, 0.3) is 0 Å². The summed E-state index contributed by atoms with van der Waals surface area (Å²) in [6.45, 7) is 8.73. The SMILES string of the molecule is C=C(O)c1cn(Cc2ccccn2)c2c(C(C)C)cccc12. The Morgan fingerprint density at radius 2 is 2.05 bits per heavy atom. The highest BCUT2D eigenvalue weighted by Gasteiger charge is 2.15. The molecular weight excluding hydrogens is 272 g/mol. The summed E-state index contributed by atoms with van der Waals surface area (Å²) in [7, 11) is 0. The monoisotopic (exact) mass is 292 g/mol. The van der Waals surface area contributed by atoms with Gasteiger partial charge in [0.15, 0.2) is 0 Å². The van der Waals surface area contributed by atoms with Gasteiger partial charge < -0.3 is 9.67 Å². The molecule has 0 fully saturated rings. The lowest BCUT2D eigenvalue weighted by atomic mass is 9.99. The van der Waals surface area contributed by atoms with Crippen LogP contribution in [0.2, 0.25) is 0 Å². The van der Waals surface area contributed by atoms with Crippen LogP contribution in [0.15, 0.2) is 55.4 Å². The normalized spacial score (nSPS) is 11.2. The third-order valence-electron chi connectivity index (χ3n) is 3.92. The largest absolute Gasteiger partial charge is 0.508 e. The van der Waals surface area contributed by atoms with E-state index in [0.717, 1.165) is 22.2 Å². The van der Waals surface area contributed by atoms with Crippen molar-refractivity contribution < 1.29 is 5.11 Å². The molecule has 3 heteroatoms. The molecule has 0 amide bonds. The third kappa shape index (κ3) is 2.50. The van der Waals surface area contributed by atoms with E-state index in [1.165, 1.54) is 5.56 Å². The van der Waals surface area contributed by atoms with Crippen molar-refractivity contribution >= 4 is 16.7 Å². The number of benzene rings is 1. The highest BCUT2D eigenvalue weighted by Crippen LogP contribution is 2.32. The van der Waals surface area contributed by atoms with E-state index in [1.54, 1.807) is 6.20 Å². The molecule has 1 aromatic carbocycles. The third-order valence-corrected chi connectivity index (χ3v) is 3.92. The fourth-order valence-electron chi connectivity index (χ4n) is 2.88. The molecule has 3 rings (SSSR count). The van der Waals surface area contributed by atoms with Crippen LogP contribution in [0.25, 0.3) is 16.7 Å². The van der Waals surface area contributed by atoms with Crippen molar-refractivity contribution in [2.24, 2.45) is 0 Å². The molecule has 0 atom stereocenters. The van der Waals surface area contributed by atoms with Crippen LogP contribution in [0, 0.1) is 0 Å². The van der Waals surface area contributed by atoms with Gasteiger partial charge in [-0.15, -0.1) is 0 Å². The number of pyridine rings is 1. The van der Waals surface area contributed by atoms with E-state index in [1.807, 2.05) is 36.5 Å². The molecule has 0 bridgehead atoms. The first kappa shape index (κ1) is 14.4. The van der Waals surface area contributed by atoms with Crippen LogP contribution < -0.4 is 0 Å². The average Bonchev–Trinajstić information content (AvgIpc) is 2.87. The zero-order valence-electron chi connectivity index (χ0n) is 13.0. The van der Waals surface area contributed by atoms with E-state index >= 15 is 0 Å². The second-order valence-corrected chi connectivity index (χ2v) is 5.84. The van der Waals surface area contributed by atoms with Crippen molar-refractivity contribution in [1.82, 2.24) is 9.55 Å². The van der Waals surface area contributed by atoms with Crippen molar-refractivity contribution in [3.63, 3.8) is 0 Å². The highest BCUT2D eigenvalue weighted by molar-refractivity contribution is 5.93. The Morgan fingerprint density at radius 3 is 2.68 bits per heavy atom. The van der Waals surface area contributed by atoms with Gasteiger partial charge in [-0.3, -0.25) is 4.98 Å². The summed E-state index contributed by atoms with van der Waals surface area (Å²) < 4.78 is 2.16. The van der Waals surface area contributed by atoms with Crippen molar-refractivity contribution in [3.8, 4) is 0 Å². The Labute approximate surface area is 130 Å². The van der Waals surface area contributed by atoms with Gasteiger partial charge >= 0.3 is 0 Å². The molecule has 3 nitrogen and oxygen atoms in total. The van der Waals surface area contributed by atoms with Gasteiger partial charge in [0.1, 0.15) is 5.76 Å². The predicted octanol–water partition coefficient (Wildman–Crippen LogP) is 4.74. The van der Waals surface area contributed by atoms with E-state index in [0.29, 0.717) is 12.5 Å². The fraction of sp³-hybridized carbons (Fsp3) is 0.211. The standard InChI is InChI=1S/C19H20N2O/c1-13(2)16-8-6-9-17-18(14(3)22)12-21(19(16)17)11-15-7-4-5-10-20-15/h4-10,12-13,22H,3,11H2,1-2H3. The van der Waals surface area contributed by atoms with Gasteiger partial charge in [-0.25, -0.2) is 0 Å². The van der Waals surface area contributed by atoms with Gasteiger partial charge in [0, 0.05) is 23.3 Å². The molecule has 0 aliphatic rings. The number of aliphatic hydroxyl groups excluding tert-OH is 1. The van der Waals surface area contributed by atoms with Crippen LogP contribution in [0.3, 0.4) is 0 Å². The molecule has 0 aliphatic carbocycles. The van der Waals surface area contributed by atoms with Crippen LogP contribution in [0.1, 0.15) is 36.6 Å². The number of hydrogen-bond donors (Lipinski definition) is 1. The summed E-state index contributed by atoms with van der Waals surface area (Å²) in [5, 5.41) is 10.9. The number of hydrogen-bond acceptors (Lipinski definition) is 2. The Bertz CT molecular complexity index is 816. The van der Waals surface area contributed by atoms with Crippen LogP contribution in [-0.4, -0.2) is 14.7 Å². The van der Waals surface area contributed by atoms with Gasteiger partial charge in [0.2, 0.25) is 0 Å². The molecule has 0 radical (unpaired) electrons. The predicted molar refractivity (Wildman–Crippen MR) is 91.0 cm³/mol. The van der Waals surface area contributed by atoms with Crippen LogP contribution in [0.4, 0.5) is 0 Å². The first-order chi connectivity index (χ1) is 10.6.